The number of ether oxygens (including phenoxy) is 4. The predicted octanol–water partition coefficient (Wildman–Crippen LogP) is 2.23. The Morgan fingerprint density at radius 3 is 1.04 bits per heavy atom. The van der Waals surface area contributed by atoms with Crippen molar-refractivity contribution < 1.29 is 38.1 Å². The second-order valence-corrected chi connectivity index (χ2v) is 5.14. The Morgan fingerprint density at radius 2 is 0.852 bits per heavy atom. The quantitative estimate of drug-likeness (QED) is 0.449. The molecule has 0 spiro atoms. The molecule has 2 aliphatic heterocycles. The lowest BCUT2D eigenvalue weighted by Crippen LogP contribution is -1.96. The Hall–Kier alpha value is -3.36. The first-order chi connectivity index (χ1) is 13.0. The maximum absolute atomic E-state index is 10.8. The number of methoxy groups -OCH3 is 2. The molecule has 4 rings (SSSR count). The van der Waals surface area contributed by atoms with Gasteiger partial charge in [0.25, 0.3) is 0 Å². The molecule has 0 amide bonds. The van der Waals surface area contributed by atoms with E-state index >= 15 is 0 Å². The summed E-state index contributed by atoms with van der Waals surface area (Å²) in [7, 11) is 3.17. The van der Waals surface area contributed by atoms with Gasteiger partial charge in [-0.2, -0.15) is 0 Å². The zero-order valence-electron chi connectivity index (χ0n) is 14.6. The van der Waals surface area contributed by atoms with Gasteiger partial charge in [0.15, 0.2) is 0 Å². The van der Waals surface area contributed by atoms with Crippen molar-refractivity contribution in [1.82, 2.24) is 0 Å². The van der Waals surface area contributed by atoms with Crippen molar-refractivity contribution in [2.75, 3.05) is 21.0 Å². The monoisotopic (exact) mass is 372 g/mol. The van der Waals surface area contributed by atoms with Gasteiger partial charge in [-0.3, -0.25) is 0 Å². The number of carbonyl (C=O) groups is 4. The Bertz CT molecular complexity index is 734. The van der Waals surface area contributed by atoms with Crippen LogP contribution < -0.4 is 0 Å². The Morgan fingerprint density at radius 1 is 0.593 bits per heavy atom. The van der Waals surface area contributed by atoms with Crippen LogP contribution in [-0.2, 0) is 18.9 Å². The zero-order valence-corrected chi connectivity index (χ0v) is 14.6. The molecule has 0 unspecified atom stereocenters. The van der Waals surface area contributed by atoms with E-state index in [4.69, 9.17) is 0 Å². The van der Waals surface area contributed by atoms with Crippen molar-refractivity contribution in [3.8, 4) is 0 Å². The number of carbonyl (C=O) groups excluding carboxylic acids is 4. The van der Waals surface area contributed by atoms with Crippen LogP contribution in [0.15, 0.2) is 48.5 Å². The summed E-state index contributed by atoms with van der Waals surface area (Å²) in [6.07, 6.45) is 0. The second kappa shape index (κ2) is 9.37. The fourth-order valence-electron chi connectivity index (χ4n) is 2.18. The average Bonchev–Trinajstić information content (AvgIpc) is 3.13. The Labute approximate surface area is 154 Å². The minimum Gasteiger partial charge on any atom is -0.386 e. The minimum atomic E-state index is -0.550. The molecular formula is C19H16O8. The predicted molar refractivity (Wildman–Crippen MR) is 91.3 cm³/mol. The van der Waals surface area contributed by atoms with E-state index in [2.05, 4.69) is 18.9 Å². The summed E-state index contributed by atoms with van der Waals surface area (Å²) in [6.45, 7) is 0.389. The van der Waals surface area contributed by atoms with Crippen molar-refractivity contribution >= 4 is 23.9 Å². The van der Waals surface area contributed by atoms with Crippen LogP contribution in [0.4, 0.5) is 0 Å². The average molecular weight is 372 g/mol. The highest BCUT2D eigenvalue weighted by Crippen LogP contribution is 2.19. The first-order valence-electron chi connectivity index (χ1n) is 7.68. The number of esters is 4. The lowest BCUT2D eigenvalue weighted by atomic mass is 10.1. The molecule has 8 heteroatoms. The third-order valence-corrected chi connectivity index (χ3v) is 3.34. The van der Waals surface area contributed by atoms with E-state index in [1.165, 1.54) is 0 Å². The van der Waals surface area contributed by atoms with Gasteiger partial charge in [-0.25, -0.2) is 19.2 Å². The van der Waals surface area contributed by atoms with E-state index in [0.717, 1.165) is 0 Å². The van der Waals surface area contributed by atoms with Crippen LogP contribution in [-0.4, -0.2) is 44.9 Å². The highest BCUT2D eigenvalue weighted by Gasteiger charge is 2.29. The van der Waals surface area contributed by atoms with Crippen LogP contribution in [0.5, 0.6) is 0 Å². The van der Waals surface area contributed by atoms with Gasteiger partial charge in [-0.05, 0) is 24.3 Å². The van der Waals surface area contributed by atoms with Crippen molar-refractivity contribution in [2.45, 2.75) is 0 Å². The largest absolute Gasteiger partial charge is 0.386 e. The van der Waals surface area contributed by atoms with Crippen LogP contribution in [0, 0.1) is 0 Å². The van der Waals surface area contributed by atoms with Crippen molar-refractivity contribution in [2.24, 2.45) is 0 Å². The fourth-order valence-corrected chi connectivity index (χ4v) is 2.18. The number of cyclic esters (lactones) is 4. The molecule has 2 aromatic rings. The number of rotatable bonds is 2. The van der Waals surface area contributed by atoms with Crippen LogP contribution in [0.1, 0.15) is 41.4 Å². The van der Waals surface area contributed by atoms with E-state index in [1.54, 1.807) is 62.8 Å². The molecule has 2 aromatic carbocycles. The third-order valence-electron chi connectivity index (χ3n) is 3.34. The maximum Gasteiger partial charge on any atom is 0.346 e. The lowest BCUT2D eigenvalue weighted by Gasteiger charge is -1.87. The minimum absolute atomic E-state index is 0.359. The SMILES string of the molecule is COCOC.O=C1OC(=O)c2ccccc21.O=C1OC(=O)c2ccccc21. The third kappa shape index (κ3) is 4.84. The van der Waals surface area contributed by atoms with Gasteiger partial charge in [0, 0.05) is 14.2 Å². The van der Waals surface area contributed by atoms with E-state index in [1.807, 2.05) is 0 Å². The number of fused-ring (bicyclic) bond motifs is 2. The molecule has 0 fully saturated rings. The van der Waals surface area contributed by atoms with E-state index in [-0.39, 0.29) is 0 Å². The summed E-state index contributed by atoms with van der Waals surface area (Å²) < 4.78 is 17.6. The van der Waals surface area contributed by atoms with Gasteiger partial charge in [-0.1, -0.05) is 24.3 Å². The van der Waals surface area contributed by atoms with E-state index in [9.17, 15) is 19.2 Å². The molecule has 140 valence electrons. The van der Waals surface area contributed by atoms with E-state index < -0.39 is 23.9 Å². The van der Waals surface area contributed by atoms with Gasteiger partial charge >= 0.3 is 23.9 Å². The maximum atomic E-state index is 10.8. The molecule has 0 saturated carbocycles. The normalized spacial score (nSPS) is 13.4. The number of hydrogen-bond donors (Lipinski definition) is 0. The van der Waals surface area contributed by atoms with Crippen LogP contribution in [0.25, 0.3) is 0 Å². The van der Waals surface area contributed by atoms with Crippen molar-refractivity contribution in [3.63, 3.8) is 0 Å². The summed E-state index contributed by atoms with van der Waals surface area (Å²) >= 11 is 0. The van der Waals surface area contributed by atoms with Gasteiger partial charge in [-0.15, -0.1) is 0 Å². The Balaban J connectivity index is 0.000000157. The molecule has 2 aliphatic rings. The molecule has 0 N–H and O–H groups in total. The van der Waals surface area contributed by atoms with Crippen LogP contribution in [0.3, 0.4) is 0 Å². The van der Waals surface area contributed by atoms with Crippen molar-refractivity contribution in [3.05, 3.63) is 70.8 Å². The molecule has 0 radical (unpaired) electrons. The fraction of sp³-hybridized carbons (Fsp3) is 0.158. The smallest absolute Gasteiger partial charge is 0.346 e. The van der Waals surface area contributed by atoms with Gasteiger partial charge in [0.1, 0.15) is 6.79 Å². The summed E-state index contributed by atoms with van der Waals surface area (Å²) in [5.74, 6) is -2.20. The molecule has 27 heavy (non-hydrogen) atoms. The molecule has 0 saturated heterocycles. The first kappa shape index (κ1) is 20.0. The topological polar surface area (TPSA) is 105 Å². The molecule has 0 aromatic heterocycles. The van der Waals surface area contributed by atoms with Gasteiger partial charge in [0.2, 0.25) is 0 Å². The zero-order chi connectivity index (χ0) is 19.8. The number of benzene rings is 2. The number of hydrogen-bond acceptors (Lipinski definition) is 8. The summed E-state index contributed by atoms with van der Waals surface area (Å²) in [6, 6.07) is 13.1. The Kier molecular flexibility index (Phi) is 6.93. The summed E-state index contributed by atoms with van der Waals surface area (Å²) in [4.78, 5) is 43.3. The van der Waals surface area contributed by atoms with Crippen LogP contribution >= 0.6 is 0 Å². The molecule has 2 heterocycles. The van der Waals surface area contributed by atoms with Crippen molar-refractivity contribution in [1.29, 1.82) is 0 Å². The summed E-state index contributed by atoms with van der Waals surface area (Å²) in [5, 5.41) is 0. The molecule has 0 bridgehead atoms. The standard InChI is InChI=1S/2C8H4O3.C3H8O2/c2*9-7-5-3-1-2-4-6(5)8(10)11-7;1-4-3-5-2/h2*1-4H;3H2,1-2H3. The van der Waals surface area contributed by atoms with Gasteiger partial charge in [0.05, 0.1) is 22.3 Å². The highest BCUT2D eigenvalue weighted by molar-refractivity contribution is 6.15. The molecule has 0 atom stereocenters. The first-order valence-corrected chi connectivity index (χ1v) is 7.68. The second-order valence-electron chi connectivity index (χ2n) is 5.14. The van der Waals surface area contributed by atoms with Gasteiger partial charge < -0.3 is 18.9 Å². The molecular weight excluding hydrogens is 356 g/mol. The highest BCUT2D eigenvalue weighted by atomic mass is 16.6. The molecule has 0 aliphatic carbocycles. The van der Waals surface area contributed by atoms with E-state index in [0.29, 0.717) is 29.0 Å². The lowest BCUT2D eigenvalue weighted by molar-refractivity contribution is -0.00272. The van der Waals surface area contributed by atoms with Crippen LogP contribution in [0.2, 0.25) is 0 Å². The molecule has 8 nitrogen and oxygen atoms in total. The summed E-state index contributed by atoms with van der Waals surface area (Å²) in [5.41, 5.74) is 1.44.